The Morgan fingerprint density at radius 1 is 1.35 bits per heavy atom. The lowest BCUT2D eigenvalue weighted by Gasteiger charge is -2.20. The van der Waals surface area contributed by atoms with E-state index in [-0.39, 0.29) is 5.91 Å². The minimum Gasteiger partial charge on any atom is -0.339 e. The molecule has 0 unspecified atom stereocenters. The molecule has 0 saturated carbocycles. The van der Waals surface area contributed by atoms with Crippen LogP contribution in [0.25, 0.3) is 0 Å². The summed E-state index contributed by atoms with van der Waals surface area (Å²) < 4.78 is 0.995. The molecule has 0 aliphatic rings. The first-order chi connectivity index (χ1) is 8.10. The second-order valence-electron chi connectivity index (χ2n) is 4.20. The Kier molecular flexibility index (Phi) is 5.69. The van der Waals surface area contributed by atoms with E-state index in [1.54, 1.807) is 0 Å². The number of unbranched alkanes of at least 4 members (excludes halogenated alkanes) is 1. The first-order valence-corrected chi connectivity index (χ1v) is 6.94. The smallest absolute Gasteiger partial charge is 0.253 e. The zero-order valence-corrected chi connectivity index (χ0v) is 12.4. The molecule has 1 aromatic rings. The molecule has 94 valence electrons. The fourth-order valence-corrected chi connectivity index (χ4v) is 2.04. The van der Waals surface area contributed by atoms with Crippen LogP contribution in [0.2, 0.25) is 0 Å². The molecule has 0 N–H and O–H groups in total. The van der Waals surface area contributed by atoms with E-state index < -0.39 is 0 Å². The first-order valence-electron chi connectivity index (χ1n) is 6.15. The monoisotopic (exact) mass is 297 g/mol. The third kappa shape index (κ3) is 3.84. The van der Waals surface area contributed by atoms with Crippen molar-refractivity contribution in [3.05, 3.63) is 33.8 Å². The maximum absolute atomic E-state index is 12.3. The zero-order valence-electron chi connectivity index (χ0n) is 10.8. The van der Waals surface area contributed by atoms with Crippen molar-refractivity contribution in [1.29, 1.82) is 0 Å². The van der Waals surface area contributed by atoms with Crippen LogP contribution in [0, 0.1) is 6.92 Å². The van der Waals surface area contributed by atoms with Crippen molar-refractivity contribution in [2.75, 3.05) is 13.1 Å². The summed E-state index contributed by atoms with van der Waals surface area (Å²) in [4.78, 5) is 14.2. The number of carbonyl (C=O) groups is 1. The number of rotatable bonds is 5. The van der Waals surface area contributed by atoms with E-state index in [2.05, 4.69) is 22.9 Å². The predicted molar refractivity (Wildman–Crippen MR) is 75.4 cm³/mol. The summed E-state index contributed by atoms with van der Waals surface area (Å²) in [5, 5.41) is 0. The van der Waals surface area contributed by atoms with Gasteiger partial charge in [-0.25, -0.2) is 0 Å². The van der Waals surface area contributed by atoms with Crippen molar-refractivity contribution in [2.45, 2.75) is 33.6 Å². The average molecular weight is 298 g/mol. The molecule has 2 nitrogen and oxygen atoms in total. The van der Waals surface area contributed by atoms with E-state index in [1.165, 1.54) is 0 Å². The van der Waals surface area contributed by atoms with Crippen LogP contribution in [0.15, 0.2) is 22.7 Å². The van der Waals surface area contributed by atoms with Crippen molar-refractivity contribution < 1.29 is 4.79 Å². The van der Waals surface area contributed by atoms with Gasteiger partial charge in [-0.3, -0.25) is 4.79 Å². The van der Waals surface area contributed by atoms with Gasteiger partial charge in [0.15, 0.2) is 0 Å². The highest BCUT2D eigenvalue weighted by Gasteiger charge is 2.14. The second-order valence-corrected chi connectivity index (χ2v) is 5.06. The molecule has 0 spiro atoms. The molecule has 0 radical (unpaired) electrons. The standard InChI is InChI=1S/C14H20BrNO/c1-4-6-9-16(5-2)14(17)12-8-7-11(3)13(15)10-12/h7-8,10H,4-6,9H2,1-3H3. The Hall–Kier alpha value is -0.830. The number of amides is 1. The fourth-order valence-electron chi connectivity index (χ4n) is 1.66. The Morgan fingerprint density at radius 2 is 2.06 bits per heavy atom. The summed E-state index contributed by atoms with van der Waals surface area (Å²) in [6.45, 7) is 7.80. The fraction of sp³-hybridized carbons (Fsp3) is 0.500. The predicted octanol–water partition coefficient (Wildman–Crippen LogP) is 4.02. The lowest BCUT2D eigenvalue weighted by atomic mass is 10.1. The lowest BCUT2D eigenvalue weighted by Crippen LogP contribution is -2.31. The number of hydrogen-bond donors (Lipinski definition) is 0. The third-order valence-electron chi connectivity index (χ3n) is 2.87. The second kappa shape index (κ2) is 6.80. The van der Waals surface area contributed by atoms with Crippen LogP contribution in [-0.4, -0.2) is 23.9 Å². The maximum Gasteiger partial charge on any atom is 0.253 e. The van der Waals surface area contributed by atoms with Crippen LogP contribution < -0.4 is 0 Å². The van der Waals surface area contributed by atoms with Gasteiger partial charge in [0.05, 0.1) is 0 Å². The molecule has 1 rings (SSSR count). The lowest BCUT2D eigenvalue weighted by molar-refractivity contribution is 0.0762. The van der Waals surface area contributed by atoms with Gasteiger partial charge in [0.25, 0.3) is 5.91 Å². The highest BCUT2D eigenvalue weighted by atomic mass is 79.9. The summed E-state index contributed by atoms with van der Waals surface area (Å²) in [6.07, 6.45) is 2.17. The van der Waals surface area contributed by atoms with Gasteiger partial charge in [-0.15, -0.1) is 0 Å². The van der Waals surface area contributed by atoms with Crippen molar-refractivity contribution in [3.63, 3.8) is 0 Å². The summed E-state index contributed by atoms with van der Waals surface area (Å²) in [5.41, 5.74) is 1.92. The van der Waals surface area contributed by atoms with Crippen LogP contribution in [0.1, 0.15) is 42.6 Å². The van der Waals surface area contributed by atoms with Gasteiger partial charge < -0.3 is 4.90 Å². The summed E-state index contributed by atoms with van der Waals surface area (Å²) in [5.74, 6) is 0.127. The molecular weight excluding hydrogens is 278 g/mol. The van der Waals surface area contributed by atoms with Gasteiger partial charge >= 0.3 is 0 Å². The highest BCUT2D eigenvalue weighted by Crippen LogP contribution is 2.18. The van der Waals surface area contributed by atoms with Gasteiger partial charge in [0, 0.05) is 23.1 Å². The van der Waals surface area contributed by atoms with Crippen molar-refractivity contribution in [2.24, 2.45) is 0 Å². The molecule has 0 heterocycles. The van der Waals surface area contributed by atoms with E-state index in [0.717, 1.165) is 41.5 Å². The number of carbonyl (C=O) groups excluding carboxylic acids is 1. The number of aryl methyl sites for hydroxylation is 1. The van der Waals surface area contributed by atoms with Crippen molar-refractivity contribution >= 4 is 21.8 Å². The van der Waals surface area contributed by atoms with Crippen LogP contribution >= 0.6 is 15.9 Å². The molecule has 0 aromatic heterocycles. The molecule has 1 aromatic carbocycles. The van der Waals surface area contributed by atoms with E-state index in [0.29, 0.717) is 0 Å². The van der Waals surface area contributed by atoms with Gasteiger partial charge in [-0.05, 0) is 38.0 Å². The molecule has 1 amide bonds. The molecule has 0 bridgehead atoms. The minimum absolute atomic E-state index is 0.127. The molecule has 0 saturated heterocycles. The molecule has 17 heavy (non-hydrogen) atoms. The van der Waals surface area contributed by atoms with E-state index in [4.69, 9.17) is 0 Å². The molecule has 0 aliphatic carbocycles. The molecule has 0 atom stereocenters. The number of hydrogen-bond acceptors (Lipinski definition) is 1. The van der Waals surface area contributed by atoms with Crippen LogP contribution in [0.5, 0.6) is 0 Å². The minimum atomic E-state index is 0.127. The van der Waals surface area contributed by atoms with Crippen molar-refractivity contribution in [3.8, 4) is 0 Å². The van der Waals surface area contributed by atoms with Crippen molar-refractivity contribution in [1.82, 2.24) is 4.90 Å². The topological polar surface area (TPSA) is 20.3 Å². The summed E-state index contributed by atoms with van der Waals surface area (Å²) >= 11 is 3.47. The maximum atomic E-state index is 12.3. The van der Waals surface area contributed by atoms with E-state index >= 15 is 0 Å². The number of nitrogens with zero attached hydrogens (tertiary/aromatic N) is 1. The van der Waals surface area contributed by atoms with Gasteiger partial charge in [-0.1, -0.05) is 35.3 Å². The Balaban J connectivity index is 2.82. The SMILES string of the molecule is CCCCN(CC)C(=O)c1ccc(C)c(Br)c1. The van der Waals surface area contributed by atoms with Gasteiger partial charge in [0.1, 0.15) is 0 Å². The molecule has 3 heteroatoms. The largest absolute Gasteiger partial charge is 0.339 e. The molecular formula is C14H20BrNO. The van der Waals surface area contributed by atoms with E-state index in [9.17, 15) is 4.79 Å². The van der Waals surface area contributed by atoms with Gasteiger partial charge in [-0.2, -0.15) is 0 Å². The van der Waals surface area contributed by atoms with Crippen LogP contribution in [-0.2, 0) is 0 Å². The molecule has 0 fully saturated rings. The Morgan fingerprint density at radius 3 is 2.59 bits per heavy atom. The quantitative estimate of drug-likeness (QED) is 0.804. The summed E-state index contributed by atoms with van der Waals surface area (Å²) in [7, 11) is 0. The summed E-state index contributed by atoms with van der Waals surface area (Å²) in [6, 6.07) is 5.79. The Labute approximate surface area is 112 Å². The van der Waals surface area contributed by atoms with Crippen LogP contribution in [0.4, 0.5) is 0 Å². The Bertz CT molecular complexity index is 390. The third-order valence-corrected chi connectivity index (χ3v) is 3.72. The normalized spacial score (nSPS) is 10.4. The zero-order chi connectivity index (χ0) is 12.8. The number of halogens is 1. The average Bonchev–Trinajstić information content (AvgIpc) is 2.33. The highest BCUT2D eigenvalue weighted by molar-refractivity contribution is 9.10. The number of benzene rings is 1. The van der Waals surface area contributed by atoms with Crippen LogP contribution in [0.3, 0.4) is 0 Å². The van der Waals surface area contributed by atoms with E-state index in [1.807, 2.05) is 36.9 Å². The molecule has 0 aliphatic heterocycles. The van der Waals surface area contributed by atoms with Gasteiger partial charge in [0.2, 0.25) is 0 Å². The first kappa shape index (κ1) is 14.2.